The topological polar surface area (TPSA) is 34.9 Å². The summed E-state index contributed by atoms with van der Waals surface area (Å²) >= 11 is 0. The lowest BCUT2D eigenvalue weighted by Crippen LogP contribution is -2.08. The predicted octanol–water partition coefficient (Wildman–Crippen LogP) is 3.17. The van der Waals surface area contributed by atoms with Crippen molar-refractivity contribution in [1.82, 2.24) is 9.78 Å². The Hall–Kier alpha value is -2.04. The number of hydrogen-bond acceptors (Lipinski definition) is 2. The van der Waals surface area contributed by atoms with E-state index in [1.54, 1.807) is 16.9 Å². The van der Waals surface area contributed by atoms with Crippen LogP contribution in [0, 0.1) is 11.6 Å². The van der Waals surface area contributed by atoms with Crippen molar-refractivity contribution >= 4 is 5.78 Å². The van der Waals surface area contributed by atoms with Gasteiger partial charge in [-0.3, -0.25) is 9.48 Å². The fraction of sp³-hybridized carbons (Fsp3) is 0.286. The third kappa shape index (κ3) is 3.05. The maximum absolute atomic E-state index is 13.4. The number of hydrogen-bond donors (Lipinski definition) is 0. The molecule has 0 amide bonds. The van der Waals surface area contributed by atoms with Crippen molar-refractivity contribution in [2.45, 2.75) is 26.3 Å². The summed E-state index contributed by atoms with van der Waals surface area (Å²) < 4.78 is 28.2. The quantitative estimate of drug-likeness (QED) is 0.795. The normalized spacial score (nSPS) is 11.0. The molecular weight excluding hydrogens is 250 g/mol. The Bertz CT molecular complexity index is 605. The summed E-state index contributed by atoms with van der Waals surface area (Å²) in [7, 11) is 0. The van der Waals surface area contributed by atoms with Gasteiger partial charge in [-0.15, -0.1) is 0 Å². The van der Waals surface area contributed by atoms with Crippen LogP contribution in [0.1, 0.15) is 35.9 Å². The van der Waals surface area contributed by atoms with Crippen LogP contribution in [0.15, 0.2) is 30.5 Å². The third-order valence-electron chi connectivity index (χ3n) is 2.76. The lowest BCUT2D eigenvalue weighted by molar-refractivity contribution is 0.0987. The van der Waals surface area contributed by atoms with Gasteiger partial charge in [-0.2, -0.15) is 5.10 Å². The second kappa shape index (κ2) is 5.30. The minimum absolute atomic E-state index is 0.0416. The van der Waals surface area contributed by atoms with E-state index in [2.05, 4.69) is 5.10 Å². The van der Waals surface area contributed by atoms with Crippen molar-refractivity contribution in [3.63, 3.8) is 0 Å². The number of ketones is 1. The van der Waals surface area contributed by atoms with Crippen molar-refractivity contribution in [2.24, 2.45) is 0 Å². The van der Waals surface area contributed by atoms with E-state index in [9.17, 15) is 13.6 Å². The number of benzene rings is 1. The Morgan fingerprint density at radius 1 is 1.32 bits per heavy atom. The highest BCUT2D eigenvalue weighted by atomic mass is 19.1. The van der Waals surface area contributed by atoms with E-state index in [0.29, 0.717) is 5.69 Å². The van der Waals surface area contributed by atoms with Crippen LogP contribution in [0.25, 0.3) is 0 Å². The van der Waals surface area contributed by atoms with Gasteiger partial charge in [-0.05, 0) is 38.1 Å². The van der Waals surface area contributed by atoms with Crippen molar-refractivity contribution in [2.75, 3.05) is 0 Å². The molecular formula is C14H14F2N2O. The molecule has 3 nitrogen and oxygen atoms in total. The zero-order valence-corrected chi connectivity index (χ0v) is 10.7. The van der Waals surface area contributed by atoms with E-state index in [1.807, 2.05) is 13.8 Å². The van der Waals surface area contributed by atoms with Crippen molar-refractivity contribution in [3.05, 3.63) is 53.4 Å². The summed E-state index contributed by atoms with van der Waals surface area (Å²) in [6.07, 6.45) is 1.72. The Morgan fingerprint density at radius 3 is 2.68 bits per heavy atom. The fourth-order valence-corrected chi connectivity index (χ4v) is 1.73. The van der Waals surface area contributed by atoms with E-state index in [-0.39, 0.29) is 18.0 Å². The molecule has 0 saturated carbocycles. The molecule has 2 aromatic rings. The first-order valence-electron chi connectivity index (χ1n) is 5.99. The first-order chi connectivity index (χ1) is 8.97. The average molecular weight is 264 g/mol. The summed E-state index contributed by atoms with van der Waals surface area (Å²) in [5.74, 6) is -1.82. The van der Waals surface area contributed by atoms with E-state index in [0.717, 1.165) is 18.2 Å². The summed E-state index contributed by atoms with van der Waals surface area (Å²) in [5, 5.41) is 4.21. The minimum Gasteiger partial charge on any atom is -0.294 e. The van der Waals surface area contributed by atoms with Crippen LogP contribution in [0.5, 0.6) is 0 Å². The third-order valence-corrected chi connectivity index (χ3v) is 2.76. The smallest absolute Gasteiger partial charge is 0.171 e. The Morgan fingerprint density at radius 2 is 2.05 bits per heavy atom. The maximum atomic E-state index is 13.4. The molecule has 1 aromatic heterocycles. The van der Waals surface area contributed by atoms with Crippen LogP contribution in [0.2, 0.25) is 0 Å². The molecule has 0 atom stereocenters. The Labute approximate surface area is 109 Å². The average Bonchev–Trinajstić information content (AvgIpc) is 2.80. The zero-order valence-electron chi connectivity index (χ0n) is 10.7. The van der Waals surface area contributed by atoms with E-state index in [4.69, 9.17) is 0 Å². The molecule has 0 N–H and O–H groups in total. The van der Waals surface area contributed by atoms with Crippen LogP contribution in [0.3, 0.4) is 0 Å². The number of Topliss-reactive ketones (excluding diaryl/α,β-unsaturated/α-hetero) is 1. The Kier molecular flexibility index (Phi) is 3.74. The maximum Gasteiger partial charge on any atom is 0.171 e. The monoisotopic (exact) mass is 264 g/mol. The molecule has 0 aliphatic rings. The minimum atomic E-state index is -0.713. The standard InChI is InChI=1S/C14H14F2N2O/c1-9(2)18-6-5-11(17-18)8-14(19)12-7-10(15)3-4-13(12)16/h3-7,9H,8H2,1-2H3. The van der Waals surface area contributed by atoms with Gasteiger partial charge in [0.2, 0.25) is 0 Å². The fourth-order valence-electron chi connectivity index (χ4n) is 1.73. The number of rotatable bonds is 4. The molecule has 19 heavy (non-hydrogen) atoms. The molecule has 0 bridgehead atoms. The van der Waals surface area contributed by atoms with Crippen LogP contribution >= 0.6 is 0 Å². The molecule has 0 aliphatic carbocycles. The molecule has 2 rings (SSSR count). The van der Waals surface area contributed by atoms with Crippen molar-refractivity contribution in [1.29, 1.82) is 0 Å². The van der Waals surface area contributed by atoms with Crippen LogP contribution in [0.4, 0.5) is 8.78 Å². The van der Waals surface area contributed by atoms with Crippen molar-refractivity contribution in [3.8, 4) is 0 Å². The lowest BCUT2D eigenvalue weighted by Gasteiger charge is -2.04. The summed E-state index contributed by atoms with van der Waals surface area (Å²) in [6, 6.07) is 4.75. The number of carbonyl (C=O) groups excluding carboxylic acids is 1. The van der Waals surface area contributed by atoms with Crippen LogP contribution in [-0.4, -0.2) is 15.6 Å². The summed E-state index contributed by atoms with van der Waals surface area (Å²) in [6.45, 7) is 3.93. The highest BCUT2D eigenvalue weighted by molar-refractivity contribution is 5.97. The van der Waals surface area contributed by atoms with Gasteiger partial charge in [-0.1, -0.05) is 0 Å². The van der Waals surface area contributed by atoms with Gasteiger partial charge in [-0.25, -0.2) is 8.78 Å². The first-order valence-corrected chi connectivity index (χ1v) is 5.99. The predicted molar refractivity (Wildman–Crippen MR) is 67.0 cm³/mol. The molecule has 1 heterocycles. The van der Waals surface area contributed by atoms with E-state index >= 15 is 0 Å². The Balaban J connectivity index is 2.18. The number of aromatic nitrogens is 2. The number of nitrogens with zero attached hydrogens (tertiary/aromatic N) is 2. The van der Waals surface area contributed by atoms with E-state index in [1.165, 1.54) is 0 Å². The molecule has 0 radical (unpaired) electrons. The largest absolute Gasteiger partial charge is 0.294 e. The molecule has 0 unspecified atom stereocenters. The van der Waals surface area contributed by atoms with Gasteiger partial charge >= 0.3 is 0 Å². The van der Waals surface area contributed by atoms with Crippen LogP contribution in [-0.2, 0) is 6.42 Å². The lowest BCUT2D eigenvalue weighted by atomic mass is 10.1. The molecule has 0 spiro atoms. The number of halogens is 2. The zero-order chi connectivity index (χ0) is 14.0. The number of carbonyl (C=O) groups is 1. The van der Waals surface area contributed by atoms with Gasteiger partial charge in [0.05, 0.1) is 17.7 Å². The summed E-state index contributed by atoms with van der Waals surface area (Å²) in [5.41, 5.74) is 0.307. The first kappa shape index (κ1) is 13.4. The SMILES string of the molecule is CC(C)n1ccc(CC(=O)c2cc(F)ccc2F)n1. The van der Waals surface area contributed by atoms with Gasteiger partial charge in [0, 0.05) is 12.2 Å². The van der Waals surface area contributed by atoms with Gasteiger partial charge in [0.25, 0.3) is 0 Å². The van der Waals surface area contributed by atoms with Crippen LogP contribution < -0.4 is 0 Å². The van der Waals surface area contributed by atoms with Gasteiger partial charge in [0.1, 0.15) is 11.6 Å². The molecule has 1 aromatic carbocycles. The molecule has 0 fully saturated rings. The van der Waals surface area contributed by atoms with Gasteiger partial charge < -0.3 is 0 Å². The summed E-state index contributed by atoms with van der Waals surface area (Å²) in [4.78, 5) is 11.9. The van der Waals surface area contributed by atoms with Crippen molar-refractivity contribution < 1.29 is 13.6 Å². The highest BCUT2D eigenvalue weighted by Gasteiger charge is 2.15. The van der Waals surface area contributed by atoms with Gasteiger partial charge in [0.15, 0.2) is 5.78 Å². The molecule has 0 aliphatic heterocycles. The molecule has 100 valence electrons. The second-order valence-electron chi connectivity index (χ2n) is 4.60. The molecule has 0 saturated heterocycles. The molecule has 5 heteroatoms. The van der Waals surface area contributed by atoms with E-state index < -0.39 is 17.4 Å². The second-order valence-corrected chi connectivity index (χ2v) is 4.60. The highest BCUT2D eigenvalue weighted by Crippen LogP contribution is 2.13.